The molecule has 0 radical (unpaired) electrons. The summed E-state index contributed by atoms with van der Waals surface area (Å²) < 4.78 is 0. The highest BCUT2D eigenvalue weighted by Crippen LogP contribution is 2.24. The zero-order valence-corrected chi connectivity index (χ0v) is 10.1. The second kappa shape index (κ2) is 4.42. The van der Waals surface area contributed by atoms with Crippen LogP contribution < -0.4 is 4.90 Å². The number of hydrogen-bond donors (Lipinski definition) is 1. The second-order valence-electron chi connectivity index (χ2n) is 5.03. The average Bonchev–Trinajstić information content (AvgIpc) is 2.41. The molecular formula is C13H20N2O. The van der Waals surface area contributed by atoms with Gasteiger partial charge >= 0.3 is 0 Å². The number of nitrogens with zero attached hydrogens (tertiary/aromatic N) is 2. The third-order valence-electron chi connectivity index (χ3n) is 3.28. The standard InChI is InChI=1S/C13H20N2O/c1-11-4-5-12(14-10-11)15-8-3-6-13(2,16)7-9-15/h4-5,10,16H,3,6-9H2,1-2H3. The Balaban J connectivity index is 2.08. The van der Waals surface area contributed by atoms with Crippen molar-refractivity contribution in [3.8, 4) is 0 Å². The van der Waals surface area contributed by atoms with Crippen molar-refractivity contribution >= 4 is 5.82 Å². The molecule has 16 heavy (non-hydrogen) atoms. The quantitative estimate of drug-likeness (QED) is 0.787. The summed E-state index contributed by atoms with van der Waals surface area (Å²) in [5.74, 6) is 1.03. The Kier molecular flexibility index (Phi) is 3.15. The number of aryl methyl sites for hydroxylation is 1. The van der Waals surface area contributed by atoms with Crippen molar-refractivity contribution in [2.75, 3.05) is 18.0 Å². The summed E-state index contributed by atoms with van der Waals surface area (Å²) in [4.78, 5) is 6.70. The first-order valence-electron chi connectivity index (χ1n) is 5.97. The maximum Gasteiger partial charge on any atom is 0.128 e. The lowest BCUT2D eigenvalue weighted by atomic mass is 9.98. The van der Waals surface area contributed by atoms with Crippen LogP contribution in [0.15, 0.2) is 18.3 Å². The molecule has 0 aromatic carbocycles. The van der Waals surface area contributed by atoms with E-state index >= 15 is 0 Å². The topological polar surface area (TPSA) is 36.4 Å². The molecule has 1 aromatic heterocycles. The Bertz CT molecular complexity index is 345. The lowest BCUT2D eigenvalue weighted by Crippen LogP contribution is -2.28. The summed E-state index contributed by atoms with van der Waals surface area (Å²) in [7, 11) is 0. The number of pyridine rings is 1. The highest BCUT2D eigenvalue weighted by molar-refractivity contribution is 5.39. The van der Waals surface area contributed by atoms with Gasteiger partial charge in [0.25, 0.3) is 0 Å². The van der Waals surface area contributed by atoms with Crippen molar-refractivity contribution in [2.45, 2.75) is 38.7 Å². The van der Waals surface area contributed by atoms with E-state index in [4.69, 9.17) is 0 Å². The molecule has 0 spiro atoms. The van der Waals surface area contributed by atoms with Crippen LogP contribution in [0.1, 0.15) is 31.7 Å². The minimum absolute atomic E-state index is 0.501. The molecule has 3 heteroatoms. The molecule has 1 unspecified atom stereocenters. The molecule has 1 N–H and O–H groups in total. The van der Waals surface area contributed by atoms with Gasteiger partial charge in [-0.2, -0.15) is 0 Å². The Hall–Kier alpha value is -1.09. The molecule has 0 bridgehead atoms. The van der Waals surface area contributed by atoms with Crippen LogP contribution in [0.3, 0.4) is 0 Å². The average molecular weight is 220 g/mol. The molecule has 0 saturated carbocycles. The summed E-state index contributed by atoms with van der Waals surface area (Å²) in [6, 6.07) is 4.15. The molecule has 0 amide bonds. The predicted molar refractivity (Wildman–Crippen MR) is 65.7 cm³/mol. The van der Waals surface area contributed by atoms with E-state index in [9.17, 15) is 5.11 Å². The van der Waals surface area contributed by atoms with Gasteiger partial charge in [-0.15, -0.1) is 0 Å². The van der Waals surface area contributed by atoms with Crippen LogP contribution in [0.4, 0.5) is 5.82 Å². The third-order valence-corrected chi connectivity index (χ3v) is 3.28. The minimum Gasteiger partial charge on any atom is -0.390 e. The predicted octanol–water partition coefficient (Wildman–Crippen LogP) is 2.13. The number of aliphatic hydroxyl groups is 1. The van der Waals surface area contributed by atoms with E-state index in [0.717, 1.165) is 38.2 Å². The Morgan fingerprint density at radius 1 is 1.31 bits per heavy atom. The van der Waals surface area contributed by atoms with Gasteiger partial charge in [0, 0.05) is 19.3 Å². The largest absolute Gasteiger partial charge is 0.390 e. The van der Waals surface area contributed by atoms with Gasteiger partial charge in [-0.1, -0.05) is 6.07 Å². The minimum atomic E-state index is -0.501. The van der Waals surface area contributed by atoms with E-state index in [0.29, 0.717) is 0 Å². The first-order chi connectivity index (χ1) is 7.57. The first-order valence-corrected chi connectivity index (χ1v) is 5.97. The second-order valence-corrected chi connectivity index (χ2v) is 5.03. The monoisotopic (exact) mass is 220 g/mol. The molecular weight excluding hydrogens is 200 g/mol. The van der Waals surface area contributed by atoms with Crippen molar-refractivity contribution in [2.24, 2.45) is 0 Å². The number of rotatable bonds is 1. The molecule has 88 valence electrons. The molecule has 1 fully saturated rings. The number of hydrogen-bond acceptors (Lipinski definition) is 3. The van der Waals surface area contributed by atoms with Gasteiger partial charge in [-0.3, -0.25) is 0 Å². The molecule has 1 aliphatic rings. The van der Waals surface area contributed by atoms with E-state index in [-0.39, 0.29) is 0 Å². The lowest BCUT2D eigenvalue weighted by molar-refractivity contribution is 0.0481. The van der Waals surface area contributed by atoms with Gasteiger partial charge in [-0.25, -0.2) is 4.98 Å². The summed E-state index contributed by atoms with van der Waals surface area (Å²) >= 11 is 0. The molecule has 0 aliphatic carbocycles. The molecule has 2 rings (SSSR count). The van der Waals surface area contributed by atoms with Gasteiger partial charge in [0.2, 0.25) is 0 Å². The maximum absolute atomic E-state index is 10.0. The van der Waals surface area contributed by atoms with Crippen molar-refractivity contribution < 1.29 is 5.11 Å². The van der Waals surface area contributed by atoms with Crippen LogP contribution >= 0.6 is 0 Å². The van der Waals surface area contributed by atoms with E-state index in [1.807, 2.05) is 20.0 Å². The van der Waals surface area contributed by atoms with E-state index in [2.05, 4.69) is 22.0 Å². The normalized spacial score (nSPS) is 26.6. The van der Waals surface area contributed by atoms with Crippen molar-refractivity contribution in [3.63, 3.8) is 0 Å². The zero-order valence-electron chi connectivity index (χ0n) is 10.1. The van der Waals surface area contributed by atoms with Gasteiger partial charge < -0.3 is 10.0 Å². The fourth-order valence-electron chi connectivity index (χ4n) is 2.14. The fourth-order valence-corrected chi connectivity index (χ4v) is 2.14. The Morgan fingerprint density at radius 3 is 2.81 bits per heavy atom. The van der Waals surface area contributed by atoms with Gasteiger partial charge in [0.05, 0.1) is 5.60 Å². The fraction of sp³-hybridized carbons (Fsp3) is 0.615. The highest BCUT2D eigenvalue weighted by Gasteiger charge is 2.25. The van der Waals surface area contributed by atoms with Gasteiger partial charge in [-0.05, 0) is 44.7 Å². The van der Waals surface area contributed by atoms with E-state index in [1.54, 1.807) is 0 Å². The van der Waals surface area contributed by atoms with E-state index in [1.165, 1.54) is 5.56 Å². The smallest absolute Gasteiger partial charge is 0.128 e. The number of aromatic nitrogens is 1. The maximum atomic E-state index is 10.0. The molecule has 2 heterocycles. The molecule has 1 aromatic rings. The van der Waals surface area contributed by atoms with Gasteiger partial charge in [0.15, 0.2) is 0 Å². The van der Waals surface area contributed by atoms with Crippen molar-refractivity contribution in [3.05, 3.63) is 23.9 Å². The van der Waals surface area contributed by atoms with Crippen LogP contribution in [-0.2, 0) is 0 Å². The molecule has 1 saturated heterocycles. The third kappa shape index (κ3) is 2.73. The van der Waals surface area contributed by atoms with E-state index < -0.39 is 5.60 Å². The van der Waals surface area contributed by atoms with Crippen LogP contribution in [0.2, 0.25) is 0 Å². The zero-order chi connectivity index (χ0) is 11.6. The van der Waals surface area contributed by atoms with Crippen LogP contribution in [-0.4, -0.2) is 28.8 Å². The van der Waals surface area contributed by atoms with Crippen LogP contribution in [0, 0.1) is 6.92 Å². The summed E-state index contributed by atoms with van der Waals surface area (Å²) in [6.07, 6.45) is 4.64. The molecule has 3 nitrogen and oxygen atoms in total. The lowest BCUT2D eigenvalue weighted by Gasteiger charge is -2.23. The molecule has 1 atom stereocenters. The SMILES string of the molecule is Cc1ccc(N2CCCC(C)(O)CC2)nc1. The summed E-state index contributed by atoms with van der Waals surface area (Å²) in [5, 5.41) is 10.0. The van der Waals surface area contributed by atoms with Crippen molar-refractivity contribution in [1.29, 1.82) is 0 Å². The van der Waals surface area contributed by atoms with Crippen LogP contribution in [0.5, 0.6) is 0 Å². The highest BCUT2D eigenvalue weighted by atomic mass is 16.3. The number of anilines is 1. The van der Waals surface area contributed by atoms with Crippen LogP contribution in [0.25, 0.3) is 0 Å². The first kappa shape index (κ1) is 11.4. The van der Waals surface area contributed by atoms with Crippen molar-refractivity contribution in [1.82, 2.24) is 4.98 Å². The van der Waals surface area contributed by atoms with Gasteiger partial charge in [0.1, 0.15) is 5.82 Å². The molecule has 1 aliphatic heterocycles. The summed E-state index contributed by atoms with van der Waals surface area (Å²) in [6.45, 7) is 5.86. The Labute approximate surface area is 97.1 Å². The summed E-state index contributed by atoms with van der Waals surface area (Å²) in [5.41, 5.74) is 0.685. The Morgan fingerprint density at radius 2 is 2.12 bits per heavy atom.